The van der Waals surface area contributed by atoms with Gasteiger partial charge in [0.05, 0.1) is 41.9 Å². The summed E-state index contributed by atoms with van der Waals surface area (Å²) in [6.07, 6.45) is 5.28. The molecule has 0 saturated carbocycles. The second-order valence-corrected chi connectivity index (χ2v) is 9.48. The van der Waals surface area contributed by atoms with Gasteiger partial charge in [-0.1, -0.05) is 11.6 Å². The number of benzene rings is 1. The smallest absolute Gasteiger partial charge is 0.239 e. The number of nitrogens with two attached hydrogens (primary N) is 1. The van der Waals surface area contributed by atoms with Crippen molar-refractivity contribution in [1.82, 2.24) is 24.3 Å². The zero-order valence-corrected chi connectivity index (χ0v) is 21.7. The molecule has 0 spiro atoms. The largest absolute Gasteiger partial charge is 0.494 e. The van der Waals surface area contributed by atoms with E-state index < -0.39 is 6.04 Å². The monoisotopic (exact) mass is 520 g/mol. The molecular weight excluding hydrogens is 492 g/mol. The van der Waals surface area contributed by atoms with E-state index in [1.165, 1.54) is 0 Å². The molecule has 1 fully saturated rings. The lowest BCUT2D eigenvalue weighted by atomic mass is 10.2. The van der Waals surface area contributed by atoms with Crippen LogP contribution in [0.1, 0.15) is 12.5 Å². The van der Waals surface area contributed by atoms with E-state index >= 15 is 0 Å². The average Bonchev–Trinajstić information content (AvgIpc) is 3.32. The normalized spacial score (nSPS) is 14.6. The summed E-state index contributed by atoms with van der Waals surface area (Å²) in [4.78, 5) is 29.8. The summed E-state index contributed by atoms with van der Waals surface area (Å²) in [6.45, 7) is 6.45. The van der Waals surface area contributed by atoms with Crippen molar-refractivity contribution in [3.8, 4) is 17.1 Å². The van der Waals surface area contributed by atoms with Crippen LogP contribution in [0, 0.1) is 6.92 Å². The molecule has 4 heterocycles. The maximum atomic E-state index is 12.2. The number of piperazine rings is 1. The van der Waals surface area contributed by atoms with E-state index in [9.17, 15) is 4.79 Å². The number of amides is 1. The predicted octanol–water partition coefficient (Wildman–Crippen LogP) is 3.50. The number of rotatable bonds is 6. The molecule has 1 saturated heterocycles. The summed E-state index contributed by atoms with van der Waals surface area (Å²) in [5.41, 5.74) is 10.8. The molecule has 37 heavy (non-hydrogen) atoms. The van der Waals surface area contributed by atoms with Crippen molar-refractivity contribution in [3.05, 3.63) is 59.5 Å². The Balaban J connectivity index is 1.36. The molecule has 3 N–H and O–H groups in total. The highest BCUT2D eigenvalue weighted by Gasteiger charge is 2.24. The summed E-state index contributed by atoms with van der Waals surface area (Å²) in [5, 5.41) is 3.68. The summed E-state index contributed by atoms with van der Waals surface area (Å²) in [7, 11) is 1.62. The quantitative estimate of drug-likeness (QED) is 0.397. The molecule has 4 aromatic rings. The number of aromatic nitrogens is 4. The maximum Gasteiger partial charge on any atom is 0.239 e. The molecule has 0 aliphatic carbocycles. The first-order valence-corrected chi connectivity index (χ1v) is 12.4. The molecule has 1 aliphatic rings. The fourth-order valence-corrected chi connectivity index (χ4v) is 4.63. The number of nitrogens with one attached hydrogen (secondary N) is 1. The number of fused-ring (bicyclic) bond motifs is 1. The van der Waals surface area contributed by atoms with Gasteiger partial charge in [-0.05, 0) is 43.7 Å². The van der Waals surface area contributed by atoms with Gasteiger partial charge in [0.15, 0.2) is 0 Å². The Morgan fingerprint density at radius 3 is 2.65 bits per heavy atom. The summed E-state index contributed by atoms with van der Waals surface area (Å²) >= 11 is 6.48. The number of imidazole rings is 1. The topological polar surface area (TPSA) is 114 Å². The molecule has 0 unspecified atom stereocenters. The number of hydrogen-bond acceptors (Lipinski definition) is 8. The molecule has 3 aromatic heterocycles. The van der Waals surface area contributed by atoms with Crippen LogP contribution in [-0.4, -0.2) is 69.5 Å². The van der Waals surface area contributed by atoms with Gasteiger partial charge in [0.1, 0.15) is 17.1 Å². The van der Waals surface area contributed by atoms with Crippen LogP contribution in [0.3, 0.4) is 0 Å². The number of pyridine rings is 1. The van der Waals surface area contributed by atoms with E-state index in [1.807, 2.05) is 52.8 Å². The van der Waals surface area contributed by atoms with Crippen molar-refractivity contribution in [2.24, 2.45) is 5.73 Å². The number of methoxy groups -OCH3 is 1. The molecule has 11 heteroatoms. The number of carbonyl (C=O) groups excluding carboxylic acids is 1. The fraction of sp³-hybridized carbons (Fsp3) is 0.308. The van der Waals surface area contributed by atoms with Gasteiger partial charge in [0.2, 0.25) is 11.9 Å². The maximum absolute atomic E-state index is 12.2. The first kappa shape index (κ1) is 24.8. The predicted molar refractivity (Wildman–Crippen MR) is 145 cm³/mol. The van der Waals surface area contributed by atoms with Gasteiger partial charge in [-0.2, -0.15) is 0 Å². The van der Waals surface area contributed by atoms with Crippen LogP contribution in [0.2, 0.25) is 5.02 Å². The highest BCUT2D eigenvalue weighted by Crippen LogP contribution is 2.33. The molecule has 1 aromatic carbocycles. The first-order valence-electron chi connectivity index (χ1n) is 12.0. The van der Waals surface area contributed by atoms with Gasteiger partial charge in [0, 0.05) is 44.1 Å². The highest BCUT2D eigenvalue weighted by molar-refractivity contribution is 6.32. The minimum absolute atomic E-state index is 0.0156. The Hall–Kier alpha value is -3.89. The summed E-state index contributed by atoms with van der Waals surface area (Å²) < 4.78 is 7.62. The lowest BCUT2D eigenvalue weighted by Gasteiger charge is -2.37. The van der Waals surface area contributed by atoms with E-state index in [-0.39, 0.29) is 5.91 Å². The Morgan fingerprint density at radius 2 is 1.92 bits per heavy atom. The zero-order valence-electron chi connectivity index (χ0n) is 21.0. The first-order chi connectivity index (χ1) is 17.8. The molecule has 0 bridgehead atoms. The van der Waals surface area contributed by atoms with Crippen LogP contribution in [-0.2, 0) is 4.79 Å². The molecule has 5 rings (SSSR count). The van der Waals surface area contributed by atoms with Crippen molar-refractivity contribution in [1.29, 1.82) is 0 Å². The van der Waals surface area contributed by atoms with Crippen molar-refractivity contribution >= 4 is 40.5 Å². The molecular formula is C26H29ClN8O2. The number of hydrogen-bond donors (Lipinski definition) is 2. The van der Waals surface area contributed by atoms with Gasteiger partial charge < -0.3 is 25.6 Å². The van der Waals surface area contributed by atoms with Crippen LogP contribution in [0.25, 0.3) is 17.0 Å². The van der Waals surface area contributed by atoms with Crippen molar-refractivity contribution in [2.75, 3.05) is 43.5 Å². The third kappa shape index (κ3) is 5.03. The van der Waals surface area contributed by atoms with E-state index in [0.29, 0.717) is 35.5 Å². The van der Waals surface area contributed by atoms with Crippen molar-refractivity contribution in [3.63, 3.8) is 0 Å². The van der Waals surface area contributed by atoms with E-state index in [4.69, 9.17) is 22.1 Å². The van der Waals surface area contributed by atoms with Gasteiger partial charge in [-0.15, -0.1) is 0 Å². The SMILES string of the molecule is COc1cc(N2CCN(C(=O)[C@@H](C)N)CC2)ccc1Nc1ncc(Cl)c(-c2cnc3cc(C)ccn23)n1. The number of halogens is 1. The zero-order chi connectivity index (χ0) is 26.1. The van der Waals surface area contributed by atoms with Crippen LogP contribution >= 0.6 is 11.6 Å². The third-order valence-electron chi connectivity index (χ3n) is 6.43. The molecule has 1 amide bonds. The van der Waals surface area contributed by atoms with Gasteiger partial charge in [-0.3, -0.25) is 9.20 Å². The Labute approximate surface area is 220 Å². The number of aryl methyl sites for hydroxylation is 1. The van der Waals surface area contributed by atoms with Gasteiger partial charge in [0.25, 0.3) is 0 Å². The minimum atomic E-state index is -0.482. The minimum Gasteiger partial charge on any atom is -0.494 e. The number of anilines is 3. The number of nitrogens with zero attached hydrogens (tertiary/aromatic N) is 6. The molecule has 192 valence electrons. The Bertz CT molecular complexity index is 1450. The Kier molecular flexibility index (Phi) is 6.86. The molecule has 10 nitrogen and oxygen atoms in total. The summed E-state index contributed by atoms with van der Waals surface area (Å²) in [5.74, 6) is 1.02. The number of carbonyl (C=O) groups is 1. The van der Waals surface area contributed by atoms with Crippen molar-refractivity contribution < 1.29 is 9.53 Å². The second kappa shape index (κ2) is 10.2. The van der Waals surface area contributed by atoms with Crippen LogP contribution in [0.15, 0.2) is 48.9 Å². The van der Waals surface area contributed by atoms with E-state index in [0.717, 1.165) is 41.4 Å². The van der Waals surface area contributed by atoms with Crippen molar-refractivity contribution in [2.45, 2.75) is 19.9 Å². The van der Waals surface area contributed by atoms with Crippen LogP contribution in [0.4, 0.5) is 17.3 Å². The summed E-state index contributed by atoms with van der Waals surface area (Å²) in [6, 6.07) is 9.44. The lowest BCUT2D eigenvalue weighted by molar-refractivity contribution is -0.132. The molecule has 1 aliphatic heterocycles. The molecule has 0 radical (unpaired) electrons. The second-order valence-electron chi connectivity index (χ2n) is 9.08. The van der Waals surface area contributed by atoms with Gasteiger partial charge in [-0.25, -0.2) is 15.0 Å². The Morgan fingerprint density at radius 1 is 1.14 bits per heavy atom. The molecule has 1 atom stereocenters. The van der Waals surface area contributed by atoms with Crippen LogP contribution < -0.4 is 20.7 Å². The average molecular weight is 521 g/mol. The van der Waals surface area contributed by atoms with E-state index in [1.54, 1.807) is 26.4 Å². The number of ether oxygens (including phenoxy) is 1. The standard InChI is InChI=1S/C26H29ClN8O2/c1-16-6-7-35-21(15-29-23(35)12-16)24-19(27)14-30-26(32-24)31-20-5-4-18(13-22(20)37-3)33-8-10-34(11-9-33)25(36)17(2)28/h4-7,12-15,17H,8-11,28H2,1-3H3,(H,30,31,32)/t17-/m1/s1. The fourth-order valence-electron chi connectivity index (χ4n) is 4.44. The lowest BCUT2D eigenvalue weighted by Crippen LogP contribution is -2.52. The van der Waals surface area contributed by atoms with E-state index in [2.05, 4.69) is 25.2 Å². The van der Waals surface area contributed by atoms with Crippen LogP contribution in [0.5, 0.6) is 5.75 Å². The third-order valence-corrected chi connectivity index (χ3v) is 6.71. The van der Waals surface area contributed by atoms with Gasteiger partial charge >= 0.3 is 0 Å². The highest BCUT2D eigenvalue weighted by atomic mass is 35.5.